The van der Waals surface area contributed by atoms with E-state index in [1.54, 1.807) is 18.5 Å². The van der Waals surface area contributed by atoms with Crippen molar-refractivity contribution in [3.63, 3.8) is 0 Å². The van der Waals surface area contributed by atoms with Crippen LogP contribution in [0.15, 0.2) is 51.1 Å². The topological polar surface area (TPSA) is 104 Å². The van der Waals surface area contributed by atoms with Crippen LogP contribution in [-0.4, -0.2) is 71.0 Å². The van der Waals surface area contributed by atoms with Gasteiger partial charge in [0.1, 0.15) is 6.04 Å². The lowest BCUT2D eigenvalue weighted by Crippen LogP contribution is -2.51. The Morgan fingerprint density at radius 3 is 2.80 bits per heavy atom. The molecule has 0 bridgehead atoms. The molecule has 0 aliphatic carbocycles. The number of aliphatic imine (C=N–C) groups is 1. The van der Waals surface area contributed by atoms with E-state index in [1.807, 2.05) is 0 Å². The van der Waals surface area contributed by atoms with Crippen molar-refractivity contribution >= 4 is 40.7 Å². The molecule has 1 saturated heterocycles. The maximum atomic E-state index is 14.4. The number of methoxy groups -OCH3 is 1. The largest absolute Gasteiger partial charge is 0.481 e. The highest BCUT2D eigenvalue weighted by molar-refractivity contribution is 7.11. The van der Waals surface area contributed by atoms with Crippen molar-refractivity contribution in [2.75, 3.05) is 20.2 Å². The Morgan fingerprint density at radius 2 is 2.23 bits per heavy atom. The van der Waals surface area contributed by atoms with Gasteiger partial charge in [-0.05, 0) is 25.3 Å². The standard InChI is InChI=1S/C23H27ClF2N4O4S/c1-4-15(13(2)24)19-18(22(33)34-3)16(28-20(29-19)21-27-9-10-35-21)11-30-12-23(25,26)8-7-14(30)5-6-17(31)32/h4,9-10,14,19H,1,5-8,11-12H2,2-3H3,(H,28,29)(H,31,32)/b15-13-/t14-,19+/m1/s1. The SMILES string of the molecule is C=C/C(=C(\C)Cl)[C@@H]1N=C(c2nccs2)NC(CN2CC(F)(F)CC[C@H]2CCC(=O)O)=C1C(=O)OC. The second kappa shape index (κ2) is 11.4. The smallest absolute Gasteiger partial charge is 0.338 e. The normalized spacial score (nSPS) is 23.2. The Labute approximate surface area is 211 Å². The zero-order valence-electron chi connectivity index (χ0n) is 19.4. The van der Waals surface area contributed by atoms with Crippen LogP contribution in [-0.2, 0) is 14.3 Å². The molecule has 3 heterocycles. The highest BCUT2D eigenvalue weighted by atomic mass is 35.5. The number of nitrogens with one attached hydrogen (secondary N) is 1. The van der Waals surface area contributed by atoms with Crippen LogP contribution in [0.3, 0.4) is 0 Å². The van der Waals surface area contributed by atoms with Gasteiger partial charge in [-0.25, -0.2) is 18.6 Å². The van der Waals surface area contributed by atoms with Crippen molar-refractivity contribution in [3.05, 3.63) is 51.1 Å². The van der Waals surface area contributed by atoms with Crippen molar-refractivity contribution in [2.24, 2.45) is 4.99 Å². The van der Waals surface area contributed by atoms with Gasteiger partial charge in [0.15, 0.2) is 10.8 Å². The first kappa shape index (κ1) is 27.0. The lowest BCUT2D eigenvalue weighted by atomic mass is 9.92. The molecule has 190 valence electrons. The first-order valence-electron chi connectivity index (χ1n) is 10.9. The first-order chi connectivity index (χ1) is 16.6. The number of allylic oxidation sites excluding steroid dienone is 1. The summed E-state index contributed by atoms with van der Waals surface area (Å²) in [5.74, 6) is -4.27. The zero-order chi connectivity index (χ0) is 25.8. The summed E-state index contributed by atoms with van der Waals surface area (Å²) in [7, 11) is 1.22. The van der Waals surface area contributed by atoms with E-state index in [0.717, 1.165) is 0 Å². The number of esters is 1. The van der Waals surface area contributed by atoms with Gasteiger partial charge in [0, 0.05) is 47.7 Å². The number of nitrogens with zero attached hydrogens (tertiary/aromatic N) is 3. The van der Waals surface area contributed by atoms with Crippen LogP contribution in [0.5, 0.6) is 0 Å². The quantitative estimate of drug-likeness (QED) is 0.369. The predicted molar refractivity (Wildman–Crippen MR) is 130 cm³/mol. The minimum absolute atomic E-state index is 0.0725. The van der Waals surface area contributed by atoms with Gasteiger partial charge in [0.05, 0.1) is 19.2 Å². The van der Waals surface area contributed by atoms with Crippen LogP contribution in [0.4, 0.5) is 8.78 Å². The molecule has 12 heteroatoms. The van der Waals surface area contributed by atoms with Crippen LogP contribution < -0.4 is 5.32 Å². The summed E-state index contributed by atoms with van der Waals surface area (Å²) >= 11 is 7.62. The summed E-state index contributed by atoms with van der Waals surface area (Å²) in [6.07, 6.45) is 2.97. The fraction of sp³-hybridized carbons (Fsp3) is 0.478. The molecule has 1 fully saturated rings. The maximum Gasteiger partial charge on any atom is 0.338 e. The molecule has 3 rings (SSSR count). The molecule has 0 unspecified atom stereocenters. The van der Waals surface area contributed by atoms with E-state index in [1.165, 1.54) is 29.4 Å². The molecule has 2 N–H and O–H groups in total. The Bertz CT molecular complexity index is 1070. The molecule has 0 saturated carbocycles. The number of amidine groups is 1. The summed E-state index contributed by atoms with van der Waals surface area (Å²) in [6, 6.07) is -1.29. The number of halogens is 3. The van der Waals surface area contributed by atoms with Gasteiger partial charge in [-0.15, -0.1) is 11.3 Å². The van der Waals surface area contributed by atoms with Crippen molar-refractivity contribution in [1.82, 2.24) is 15.2 Å². The fourth-order valence-corrected chi connectivity index (χ4v) is 5.02. The lowest BCUT2D eigenvalue weighted by Gasteiger charge is -2.41. The molecule has 2 aliphatic rings. The molecule has 2 atom stereocenters. The van der Waals surface area contributed by atoms with E-state index < -0.39 is 36.5 Å². The predicted octanol–water partition coefficient (Wildman–Crippen LogP) is 3.95. The van der Waals surface area contributed by atoms with Gasteiger partial charge >= 0.3 is 11.9 Å². The third-order valence-electron chi connectivity index (χ3n) is 5.93. The van der Waals surface area contributed by atoms with Gasteiger partial charge in [-0.3, -0.25) is 14.7 Å². The molecular weight excluding hydrogens is 502 g/mol. The monoisotopic (exact) mass is 528 g/mol. The zero-order valence-corrected chi connectivity index (χ0v) is 21.0. The van der Waals surface area contributed by atoms with E-state index >= 15 is 0 Å². The Kier molecular flexibility index (Phi) is 8.79. The Hall–Kier alpha value is -2.63. The molecule has 0 aromatic carbocycles. The van der Waals surface area contributed by atoms with Crippen molar-refractivity contribution in [1.29, 1.82) is 0 Å². The van der Waals surface area contributed by atoms with Gasteiger partial charge in [0.25, 0.3) is 5.92 Å². The molecule has 0 amide bonds. The van der Waals surface area contributed by atoms with Crippen molar-refractivity contribution in [3.8, 4) is 0 Å². The maximum absolute atomic E-state index is 14.4. The number of thiazole rings is 1. The minimum atomic E-state index is -2.94. The number of ether oxygens (including phenoxy) is 1. The second-order valence-corrected chi connectivity index (χ2v) is 9.77. The molecule has 8 nitrogen and oxygen atoms in total. The average molecular weight is 529 g/mol. The highest BCUT2D eigenvalue weighted by Crippen LogP contribution is 2.34. The third kappa shape index (κ3) is 6.53. The number of carboxylic acid groups (broad SMARTS) is 1. The number of aromatic nitrogens is 1. The number of carbonyl (C=O) groups excluding carboxylic acids is 1. The van der Waals surface area contributed by atoms with Gasteiger partial charge in [-0.2, -0.15) is 0 Å². The number of hydrogen-bond acceptors (Lipinski definition) is 8. The van der Waals surface area contributed by atoms with Crippen LogP contribution in [0.2, 0.25) is 0 Å². The highest BCUT2D eigenvalue weighted by Gasteiger charge is 2.42. The van der Waals surface area contributed by atoms with E-state index in [9.17, 15) is 18.4 Å². The molecular formula is C23H27ClF2N4O4S. The van der Waals surface area contributed by atoms with Gasteiger partial charge in [0.2, 0.25) is 0 Å². The number of likely N-dealkylation sites (tertiary alicyclic amines) is 1. The number of carbonyl (C=O) groups is 2. The second-order valence-electron chi connectivity index (χ2n) is 8.31. The molecule has 35 heavy (non-hydrogen) atoms. The van der Waals surface area contributed by atoms with Gasteiger partial charge in [-0.1, -0.05) is 24.3 Å². The first-order valence-corrected chi connectivity index (χ1v) is 12.2. The summed E-state index contributed by atoms with van der Waals surface area (Å²) in [6.45, 7) is 4.79. The number of hydrogen-bond donors (Lipinski definition) is 2. The average Bonchev–Trinajstić information content (AvgIpc) is 3.32. The Morgan fingerprint density at radius 1 is 1.49 bits per heavy atom. The number of aliphatic carboxylic acids is 1. The Balaban J connectivity index is 2.08. The molecule has 2 aliphatic heterocycles. The lowest BCUT2D eigenvalue weighted by molar-refractivity contribution is -0.138. The molecule has 0 spiro atoms. The molecule has 0 radical (unpaired) electrons. The van der Waals surface area contributed by atoms with Crippen LogP contribution in [0, 0.1) is 0 Å². The number of rotatable bonds is 9. The van der Waals surface area contributed by atoms with E-state index in [4.69, 9.17) is 21.4 Å². The van der Waals surface area contributed by atoms with Gasteiger partial charge < -0.3 is 15.2 Å². The van der Waals surface area contributed by atoms with Crippen LogP contribution in [0.25, 0.3) is 0 Å². The van der Waals surface area contributed by atoms with E-state index in [2.05, 4.69) is 21.9 Å². The van der Waals surface area contributed by atoms with Crippen LogP contribution in [0.1, 0.15) is 37.6 Å². The van der Waals surface area contributed by atoms with Crippen LogP contribution >= 0.6 is 22.9 Å². The summed E-state index contributed by atoms with van der Waals surface area (Å²) < 4.78 is 33.8. The summed E-state index contributed by atoms with van der Waals surface area (Å²) in [5, 5.41) is 14.9. The molecule has 1 aromatic rings. The number of carboxylic acids is 1. The van der Waals surface area contributed by atoms with Crippen molar-refractivity contribution in [2.45, 2.75) is 50.6 Å². The summed E-state index contributed by atoms with van der Waals surface area (Å²) in [5.41, 5.74) is 0.900. The van der Waals surface area contributed by atoms with E-state index in [-0.39, 0.29) is 37.8 Å². The number of piperidine rings is 1. The minimum Gasteiger partial charge on any atom is -0.481 e. The third-order valence-corrected chi connectivity index (χ3v) is 6.92. The fourth-order valence-electron chi connectivity index (χ4n) is 4.26. The molecule has 1 aromatic heterocycles. The van der Waals surface area contributed by atoms with E-state index in [0.29, 0.717) is 27.1 Å². The van der Waals surface area contributed by atoms with Crippen molar-refractivity contribution < 1.29 is 28.2 Å². The number of alkyl halides is 2. The summed E-state index contributed by atoms with van der Waals surface area (Å²) in [4.78, 5) is 34.5.